The van der Waals surface area contributed by atoms with Crippen molar-refractivity contribution in [1.82, 2.24) is 4.90 Å². The standard InChI is InChI=1S/C12H21NO2/c1-3-9(2)12(14)8-13-6-10-4-5-11(7-13)15-10/h9-11H,3-8H2,1-2H3. The number of ether oxygens (including phenoxy) is 1. The molecule has 0 amide bonds. The Labute approximate surface area is 91.8 Å². The third kappa shape index (κ3) is 2.58. The number of rotatable bonds is 4. The topological polar surface area (TPSA) is 29.5 Å². The van der Waals surface area contributed by atoms with Crippen molar-refractivity contribution in [3.63, 3.8) is 0 Å². The van der Waals surface area contributed by atoms with Crippen molar-refractivity contribution in [3.05, 3.63) is 0 Å². The lowest BCUT2D eigenvalue weighted by atomic mass is 10.0. The molecule has 86 valence electrons. The molecule has 3 atom stereocenters. The number of fused-ring (bicyclic) bond motifs is 2. The summed E-state index contributed by atoms with van der Waals surface area (Å²) in [4.78, 5) is 14.1. The molecule has 0 aliphatic carbocycles. The molecule has 2 aliphatic heterocycles. The van der Waals surface area contributed by atoms with E-state index in [1.807, 2.05) is 6.92 Å². The molecule has 15 heavy (non-hydrogen) atoms. The summed E-state index contributed by atoms with van der Waals surface area (Å²) in [6.45, 7) is 6.64. The number of nitrogens with zero attached hydrogens (tertiary/aromatic N) is 1. The molecule has 0 N–H and O–H groups in total. The lowest BCUT2D eigenvalue weighted by molar-refractivity contribution is -0.126. The molecule has 0 aromatic heterocycles. The highest BCUT2D eigenvalue weighted by molar-refractivity contribution is 5.82. The van der Waals surface area contributed by atoms with Crippen LogP contribution in [0.2, 0.25) is 0 Å². The Bertz CT molecular complexity index is 230. The van der Waals surface area contributed by atoms with Gasteiger partial charge in [0.15, 0.2) is 0 Å². The second-order valence-corrected chi connectivity index (χ2v) is 4.93. The number of morpholine rings is 1. The average Bonchev–Trinajstić information content (AvgIpc) is 2.57. The molecule has 3 nitrogen and oxygen atoms in total. The predicted octanol–water partition coefficient (Wildman–Crippen LogP) is 1.46. The number of likely N-dealkylation sites (tertiary alicyclic amines) is 1. The molecular formula is C12H21NO2. The minimum absolute atomic E-state index is 0.213. The second-order valence-electron chi connectivity index (χ2n) is 4.93. The summed E-state index contributed by atoms with van der Waals surface area (Å²) in [5.74, 6) is 0.601. The molecule has 2 heterocycles. The number of hydrogen-bond acceptors (Lipinski definition) is 3. The van der Waals surface area contributed by atoms with Crippen molar-refractivity contribution in [2.24, 2.45) is 5.92 Å². The van der Waals surface area contributed by atoms with Crippen molar-refractivity contribution in [2.45, 2.75) is 45.3 Å². The van der Waals surface area contributed by atoms with E-state index in [-0.39, 0.29) is 5.92 Å². The van der Waals surface area contributed by atoms with Gasteiger partial charge in [-0.2, -0.15) is 0 Å². The van der Waals surface area contributed by atoms with Crippen LogP contribution in [0.15, 0.2) is 0 Å². The van der Waals surface area contributed by atoms with Gasteiger partial charge in [0, 0.05) is 19.0 Å². The first kappa shape index (κ1) is 11.1. The molecule has 0 aromatic rings. The second kappa shape index (κ2) is 4.62. The first-order valence-electron chi connectivity index (χ1n) is 6.09. The highest BCUT2D eigenvalue weighted by atomic mass is 16.5. The summed E-state index contributed by atoms with van der Waals surface area (Å²) in [7, 11) is 0. The fraction of sp³-hybridized carbons (Fsp3) is 0.917. The van der Waals surface area contributed by atoms with Crippen LogP contribution < -0.4 is 0 Å². The maximum atomic E-state index is 11.8. The van der Waals surface area contributed by atoms with Crippen molar-refractivity contribution in [3.8, 4) is 0 Å². The van der Waals surface area contributed by atoms with E-state index in [9.17, 15) is 4.79 Å². The third-order valence-corrected chi connectivity index (χ3v) is 3.66. The molecule has 2 aliphatic rings. The first-order chi connectivity index (χ1) is 7.19. The van der Waals surface area contributed by atoms with E-state index >= 15 is 0 Å². The van der Waals surface area contributed by atoms with Gasteiger partial charge in [0.1, 0.15) is 5.78 Å². The van der Waals surface area contributed by atoms with Crippen LogP contribution in [0.5, 0.6) is 0 Å². The number of carbonyl (C=O) groups excluding carboxylic acids is 1. The van der Waals surface area contributed by atoms with E-state index in [2.05, 4.69) is 11.8 Å². The van der Waals surface area contributed by atoms with E-state index in [1.165, 1.54) is 12.8 Å². The maximum absolute atomic E-state index is 11.8. The zero-order chi connectivity index (χ0) is 10.8. The van der Waals surface area contributed by atoms with Crippen LogP contribution in [-0.2, 0) is 9.53 Å². The molecule has 2 fully saturated rings. The van der Waals surface area contributed by atoms with Crippen LogP contribution in [0.4, 0.5) is 0 Å². The van der Waals surface area contributed by atoms with Gasteiger partial charge in [0.2, 0.25) is 0 Å². The monoisotopic (exact) mass is 211 g/mol. The lowest BCUT2D eigenvalue weighted by Crippen LogP contribution is -2.45. The van der Waals surface area contributed by atoms with Crippen molar-refractivity contribution < 1.29 is 9.53 Å². The minimum Gasteiger partial charge on any atom is -0.372 e. The van der Waals surface area contributed by atoms with E-state index in [0.717, 1.165) is 19.5 Å². The third-order valence-electron chi connectivity index (χ3n) is 3.66. The van der Waals surface area contributed by atoms with E-state index in [1.54, 1.807) is 0 Å². The van der Waals surface area contributed by atoms with Gasteiger partial charge in [-0.3, -0.25) is 9.69 Å². The average molecular weight is 211 g/mol. The van der Waals surface area contributed by atoms with E-state index in [4.69, 9.17) is 4.74 Å². The summed E-state index contributed by atoms with van der Waals surface area (Å²) in [5, 5.41) is 0. The van der Waals surface area contributed by atoms with Gasteiger partial charge in [-0.05, 0) is 19.3 Å². The van der Waals surface area contributed by atoms with Gasteiger partial charge in [-0.1, -0.05) is 13.8 Å². The quantitative estimate of drug-likeness (QED) is 0.705. The summed E-state index contributed by atoms with van der Waals surface area (Å²) in [6.07, 6.45) is 4.11. The molecule has 3 heteroatoms. The fourth-order valence-electron chi connectivity index (χ4n) is 2.43. The summed E-state index contributed by atoms with van der Waals surface area (Å²) in [5.41, 5.74) is 0. The number of Topliss-reactive ketones (excluding diaryl/α,β-unsaturated/α-hetero) is 1. The van der Waals surface area contributed by atoms with Crippen LogP contribution >= 0.6 is 0 Å². The zero-order valence-corrected chi connectivity index (χ0v) is 9.74. The number of hydrogen-bond donors (Lipinski definition) is 0. The molecule has 2 rings (SSSR count). The van der Waals surface area contributed by atoms with Crippen LogP contribution in [0.3, 0.4) is 0 Å². The summed E-state index contributed by atoms with van der Waals surface area (Å²) < 4.78 is 5.74. The first-order valence-corrected chi connectivity index (χ1v) is 6.09. The van der Waals surface area contributed by atoms with Crippen LogP contribution in [0.1, 0.15) is 33.1 Å². The van der Waals surface area contributed by atoms with Crippen molar-refractivity contribution >= 4 is 5.78 Å². The molecular weight excluding hydrogens is 190 g/mol. The van der Waals surface area contributed by atoms with Gasteiger partial charge in [-0.15, -0.1) is 0 Å². The Hall–Kier alpha value is -0.410. The highest BCUT2D eigenvalue weighted by Gasteiger charge is 2.34. The van der Waals surface area contributed by atoms with Gasteiger partial charge in [0.25, 0.3) is 0 Å². The smallest absolute Gasteiger partial charge is 0.149 e. The number of ketones is 1. The van der Waals surface area contributed by atoms with Gasteiger partial charge in [0.05, 0.1) is 18.8 Å². The van der Waals surface area contributed by atoms with Gasteiger partial charge >= 0.3 is 0 Å². The van der Waals surface area contributed by atoms with E-state index < -0.39 is 0 Å². The molecule has 2 saturated heterocycles. The Morgan fingerprint density at radius 1 is 1.40 bits per heavy atom. The van der Waals surface area contributed by atoms with Crippen LogP contribution in [-0.4, -0.2) is 42.5 Å². The zero-order valence-electron chi connectivity index (χ0n) is 9.74. The lowest BCUT2D eigenvalue weighted by Gasteiger charge is -2.32. The predicted molar refractivity (Wildman–Crippen MR) is 58.8 cm³/mol. The minimum atomic E-state index is 0.213. The van der Waals surface area contributed by atoms with Crippen molar-refractivity contribution in [2.75, 3.05) is 19.6 Å². The molecule has 0 saturated carbocycles. The van der Waals surface area contributed by atoms with E-state index in [0.29, 0.717) is 24.5 Å². The fourth-order valence-corrected chi connectivity index (χ4v) is 2.43. The Kier molecular flexibility index (Phi) is 3.42. The van der Waals surface area contributed by atoms with Gasteiger partial charge in [-0.25, -0.2) is 0 Å². The highest BCUT2D eigenvalue weighted by Crippen LogP contribution is 2.26. The molecule has 0 radical (unpaired) electrons. The SMILES string of the molecule is CCC(C)C(=O)CN1CC2CCC(C1)O2. The van der Waals surface area contributed by atoms with Crippen LogP contribution in [0, 0.1) is 5.92 Å². The number of carbonyl (C=O) groups is 1. The molecule has 2 bridgehead atoms. The molecule has 3 unspecified atom stereocenters. The van der Waals surface area contributed by atoms with Crippen molar-refractivity contribution in [1.29, 1.82) is 0 Å². The maximum Gasteiger partial charge on any atom is 0.149 e. The Balaban J connectivity index is 1.82. The molecule has 0 spiro atoms. The largest absolute Gasteiger partial charge is 0.372 e. The Morgan fingerprint density at radius 2 is 2.00 bits per heavy atom. The summed E-state index contributed by atoms with van der Waals surface area (Å²) >= 11 is 0. The summed E-state index contributed by atoms with van der Waals surface area (Å²) in [6, 6.07) is 0. The normalized spacial score (nSPS) is 32.9. The molecule has 0 aromatic carbocycles. The van der Waals surface area contributed by atoms with Gasteiger partial charge < -0.3 is 4.74 Å². The Morgan fingerprint density at radius 3 is 2.53 bits per heavy atom. The van der Waals surface area contributed by atoms with Crippen LogP contribution in [0.25, 0.3) is 0 Å².